The van der Waals surface area contributed by atoms with Crippen LogP contribution in [0.5, 0.6) is 11.5 Å². The van der Waals surface area contributed by atoms with Gasteiger partial charge in [-0.15, -0.1) is 0 Å². The lowest BCUT2D eigenvalue weighted by Crippen LogP contribution is -2.04. The van der Waals surface area contributed by atoms with Crippen LogP contribution in [0.4, 0.5) is 15.8 Å². The van der Waals surface area contributed by atoms with E-state index < -0.39 is 4.92 Å². The first-order valence-electron chi connectivity index (χ1n) is 8.68. The van der Waals surface area contributed by atoms with Gasteiger partial charge < -0.3 is 14.8 Å². The summed E-state index contributed by atoms with van der Waals surface area (Å²) in [5.74, 6) is 0.932. The van der Waals surface area contributed by atoms with Crippen LogP contribution in [0.3, 0.4) is 0 Å². The molecule has 0 aliphatic rings. The van der Waals surface area contributed by atoms with Crippen molar-refractivity contribution in [2.45, 2.75) is 13.2 Å². The van der Waals surface area contributed by atoms with Crippen molar-refractivity contribution in [3.63, 3.8) is 0 Å². The lowest BCUT2D eigenvalue weighted by Gasteiger charge is -2.15. The monoisotopic (exact) mass is 508 g/mol. The summed E-state index contributed by atoms with van der Waals surface area (Å²) < 4.78 is 25.3. The predicted octanol–water partition coefficient (Wildman–Crippen LogP) is 5.54. The van der Waals surface area contributed by atoms with Crippen molar-refractivity contribution in [3.8, 4) is 11.5 Å². The molecule has 0 radical (unpaired) electrons. The fourth-order valence-electron chi connectivity index (χ4n) is 2.66. The number of methoxy groups -OCH3 is 1. The Kier molecular flexibility index (Phi) is 6.86. The van der Waals surface area contributed by atoms with E-state index in [0.29, 0.717) is 24.7 Å². The number of hydrogen-bond acceptors (Lipinski definition) is 5. The van der Waals surface area contributed by atoms with Gasteiger partial charge in [0.1, 0.15) is 12.4 Å². The molecule has 8 heteroatoms. The molecule has 150 valence electrons. The molecule has 0 bridgehead atoms. The predicted molar refractivity (Wildman–Crippen MR) is 117 cm³/mol. The first-order chi connectivity index (χ1) is 14.0. The van der Waals surface area contributed by atoms with Gasteiger partial charge in [0.15, 0.2) is 11.5 Å². The molecule has 0 aromatic heterocycles. The highest BCUT2D eigenvalue weighted by molar-refractivity contribution is 14.1. The fraction of sp³-hybridized carbons (Fsp3) is 0.143. The van der Waals surface area contributed by atoms with Crippen molar-refractivity contribution in [3.05, 3.63) is 91.3 Å². The number of nitrogens with one attached hydrogen (secondary N) is 1. The number of hydrogen-bond donors (Lipinski definition) is 1. The SMILES string of the molecule is COc1cc(CNc2ccc([N+](=O)[O-])cc2)cc(I)c1OCc1ccc(F)cc1. The van der Waals surface area contributed by atoms with Crippen LogP contribution in [0.1, 0.15) is 11.1 Å². The fourth-order valence-corrected chi connectivity index (χ4v) is 3.48. The van der Waals surface area contributed by atoms with Crippen molar-refractivity contribution in [1.29, 1.82) is 0 Å². The van der Waals surface area contributed by atoms with E-state index in [4.69, 9.17) is 9.47 Å². The number of halogens is 2. The zero-order valence-corrected chi connectivity index (χ0v) is 17.7. The maximum absolute atomic E-state index is 13.0. The zero-order valence-electron chi connectivity index (χ0n) is 15.5. The summed E-state index contributed by atoms with van der Waals surface area (Å²) in [5.41, 5.74) is 2.66. The highest BCUT2D eigenvalue weighted by atomic mass is 127. The van der Waals surface area contributed by atoms with Gasteiger partial charge in [0.2, 0.25) is 0 Å². The second-order valence-corrected chi connectivity index (χ2v) is 7.34. The third kappa shape index (κ3) is 5.57. The molecule has 0 aliphatic carbocycles. The second-order valence-electron chi connectivity index (χ2n) is 6.18. The lowest BCUT2D eigenvalue weighted by atomic mass is 10.2. The van der Waals surface area contributed by atoms with Gasteiger partial charge in [-0.25, -0.2) is 4.39 Å². The minimum atomic E-state index is -0.429. The minimum Gasteiger partial charge on any atom is -0.493 e. The average molecular weight is 508 g/mol. The Labute approximate surface area is 180 Å². The van der Waals surface area contributed by atoms with E-state index in [1.54, 1.807) is 31.4 Å². The number of nitrogens with zero attached hydrogens (tertiary/aromatic N) is 1. The van der Waals surface area contributed by atoms with E-state index in [2.05, 4.69) is 27.9 Å². The van der Waals surface area contributed by atoms with Gasteiger partial charge in [-0.05, 0) is 70.1 Å². The Hall–Kier alpha value is -2.88. The van der Waals surface area contributed by atoms with Gasteiger partial charge in [-0.3, -0.25) is 10.1 Å². The molecular weight excluding hydrogens is 490 g/mol. The Bertz CT molecular complexity index is 995. The van der Waals surface area contributed by atoms with Gasteiger partial charge >= 0.3 is 0 Å². The van der Waals surface area contributed by atoms with Crippen molar-refractivity contribution in [1.82, 2.24) is 0 Å². The van der Waals surface area contributed by atoms with Crippen molar-refractivity contribution < 1.29 is 18.8 Å². The summed E-state index contributed by atoms with van der Waals surface area (Å²) in [7, 11) is 1.57. The Morgan fingerprint density at radius 1 is 1.07 bits per heavy atom. The lowest BCUT2D eigenvalue weighted by molar-refractivity contribution is -0.384. The maximum atomic E-state index is 13.0. The molecule has 29 heavy (non-hydrogen) atoms. The number of benzene rings is 3. The van der Waals surface area contributed by atoms with Crippen LogP contribution >= 0.6 is 22.6 Å². The van der Waals surface area contributed by atoms with E-state index in [-0.39, 0.29) is 11.5 Å². The standard InChI is InChI=1S/C21H18FIN2O4/c1-28-20-11-15(12-24-17-6-8-18(9-7-17)25(26)27)10-19(23)21(20)29-13-14-2-4-16(22)5-3-14/h2-11,24H,12-13H2,1H3. The minimum absolute atomic E-state index is 0.0504. The smallest absolute Gasteiger partial charge is 0.269 e. The van der Waals surface area contributed by atoms with Gasteiger partial charge in [0, 0.05) is 24.4 Å². The highest BCUT2D eigenvalue weighted by Crippen LogP contribution is 2.35. The molecule has 0 amide bonds. The first-order valence-corrected chi connectivity index (χ1v) is 9.76. The van der Waals surface area contributed by atoms with E-state index >= 15 is 0 Å². The maximum Gasteiger partial charge on any atom is 0.269 e. The molecule has 6 nitrogen and oxygen atoms in total. The normalized spacial score (nSPS) is 10.4. The van der Waals surface area contributed by atoms with Gasteiger partial charge in [0.05, 0.1) is 15.6 Å². The molecule has 1 N–H and O–H groups in total. The average Bonchev–Trinajstić information content (AvgIpc) is 2.72. The number of anilines is 1. The molecule has 0 saturated carbocycles. The van der Waals surface area contributed by atoms with E-state index in [9.17, 15) is 14.5 Å². The molecule has 3 aromatic rings. The summed E-state index contributed by atoms with van der Waals surface area (Å²) >= 11 is 2.18. The topological polar surface area (TPSA) is 73.6 Å². The number of ether oxygens (including phenoxy) is 2. The molecule has 3 rings (SSSR count). The van der Waals surface area contributed by atoms with Gasteiger partial charge in [0.25, 0.3) is 5.69 Å². The van der Waals surface area contributed by atoms with Crippen LogP contribution in [-0.4, -0.2) is 12.0 Å². The Balaban J connectivity index is 1.68. The van der Waals surface area contributed by atoms with Crippen molar-refractivity contribution in [2.24, 2.45) is 0 Å². The molecule has 0 spiro atoms. The molecular formula is C21H18FIN2O4. The summed E-state index contributed by atoms with van der Waals surface area (Å²) in [6, 6.07) is 16.2. The quantitative estimate of drug-likeness (QED) is 0.246. The summed E-state index contributed by atoms with van der Waals surface area (Å²) in [4.78, 5) is 10.3. The van der Waals surface area contributed by atoms with Gasteiger partial charge in [-0.2, -0.15) is 0 Å². The highest BCUT2D eigenvalue weighted by Gasteiger charge is 2.12. The van der Waals surface area contributed by atoms with Crippen molar-refractivity contribution in [2.75, 3.05) is 12.4 Å². The summed E-state index contributed by atoms with van der Waals surface area (Å²) in [5, 5.41) is 14.0. The van der Waals surface area contributed by atoms with Crippen molar-refractivity contribution >= 4 is 34.0 Å². The van der Waals surface area contributed by atoms with Crippen LogP contribution in [0.15, 0.2) is 60.7 Å². The summed E-state index contributed by atoms with van der Waals surface area (Å²) in [6.45, 7) is 0.815. The van der Waals surface area contributed by atoms with Crippen LogP contribution in [-0.2, 0) is 13.2 Å². The largest absolute Gasteiger partial charge is 0.493 e. The molecule has 0 unspecified atom stereocenters. The first kappa shape index (κ1) is 20.8. The molecule has 0 aliphatic heterocycles. The van der Waals surface area contributed by atoms with Crippen LogP contribution in [0.2, 0.25) is 0 Å². The molecule has 0 fully saturated rings. The van der Waals surface area contributed by atoms with Crippen LogP contribution in [0.25, 0.3) is 0 Å². The zero-order chi connectivity index (χ0) is 20.8. The van der Waals surface area contributed by atoms with E-state index in [1.807, 2.05) is 12.1 Å². The number of nitro groups is 1. The van der Waals surface area contributed by atoms with E-state index in [1.165, 1.54) is 24.3 Å². The van der Waals surface area contributed by atoms with Crippen LogP contribution in [0, 0.1) is 19.5 Å². The number of non-ortho nitro benzene ring substituents is 1. The molecule has 3 aromatic carbocycles. The van der Waals surface area contributed by atoms with Gasteiger partial charge in [-0.1, -0.05) is 12.1 Å². The third-order valence-corrected chi connectivity index (χ3v) is 4.96. The second kappa shape index (κ2) is 9.55. The third-order valence-electron chi connectivity index (χ3n) is 4.16. The number of rotatable bonds is 8. The number of nitro benzene ring substituents is 1. The molecule has 0 atom stereocenters. The molecule has 0 heterocycles. The van der Waals surface area contributed by atoms with Crippen LogP contribution < -0.4 is 14.8 Å². The van der Waals surface area contributed by atoms with E-state index in [0.717, 1.165) is 20.4 Å². The Morgan fingerprint density at radius 2 is 1.76 bits per heavy atom. The molecule has 0 saturated heterocycles. The Morgan fingerprint density at radius 3 is 2.38 bits per heavy atom. The summed E-state index contributed by atoms with van der Waals surface area (Å²) in [6.07, 6.45) is 0.